The third kappa shape index (κ3) is 2.27. The van der Waals surface area contributed by atoms with Crippen molar-refractivity contribution in [3.05, 3.63) is 23.0 Å². The Hall–Kier alpha value is -1.00. The Morgan fingerprint density at radius 3 is 2.83 bits per heavy atom. The van der Waals surface area contributed by atoms with Gasteiger partial charge in [0.2, 0.25) is 0 Å². The molecule has 0 spiro atoms. The van der Waals surface area contributed by atoms with Crippen molar-refractivity contribution in [1.29, 1.82) is 0 Å². The smallest absolute Gasteiger partial charge is 0.270 e. The Balaban J connectivity index is 1.82. The number of carbonyl (C=O) groups excluding carboxylic acids is 1. The van der Waals surface area contributed by atoms with Crippen molar-refractivity contribution in [2.75, 3.05) is 13.1 Å². The number of aliphatic hydroxyl groups excluding tert-OH is 1. The fourth-order valence-corrected chi connectivity index (χ4v) is 2.78. The van der Waals surface area contributed by atoms with Crippen LogP contribution in [0.5, 0.6) is 0 Å². The van der Waals surface area contributed by atoms with Crippen molar-refractivity contribution >= 4 is 17.5 Å². The molecule has 0 aromatic carbocycles. The maximum atomic E-state index is 12.4. The highest BCUT2D eigenvalue weighted by Crippen LogP contribution is 2.37. The van der Waals surface area contributed by atoms with Crippen LogP contribution in [0.2, 0.25) is 5.02 Å². The maximum Gasteiger partial charge on any atom is 0.270 e. The molecule has 2 heterocycles. The number of nitrogens with zero attached hydrogens (tertiary/aromatic N) is 2. The van der Waals surface area contributed by atoms with Crippen LogP contribution in [0.25, 0.3) is 0 Å². The van der Waals surface area contributed by atoms with Crippen molar-refractivity contribution in [3.63, 3.8) is 0 Å². The zero-order valence-electron chi connectivity index (χ0n) is 10.2. The number of aliphatic hydroxyl groups is 1. The molecule has 2 fully saturated rings. The summed E-state index contributed by atoms with van der Waals surface area (Å²) in [4.78, 5) is 14.2. The summed E-state index contributed by atoms with van der Waals surface area (Å²) < 4.78 is 1.99. The van der Waals surface area contributed by atoms with Gasteiger partial charge in [-0.2, -0.15) is 0 Å². The molecular weight excluding hydrogens is 252 g/mol. The molecule has 1 amide bonds. The Kier molecular flexibility index (Phi) is 3.08. The molecule has 1 unspecified atom stereocenters. The first kappa shape index (κ1) is 12.1. The molecular formula is C13H17ClN2O2. The van der Waals surface area contributed by atoms with Crippen LogP contribution < -0.4 is 0 Å². The highest BCUT2D eigenvalue weighted by Gasteiger charge is 2.31. The number of hydrogen-bond acceptors (Lipinski definition) is 2. The van der Waals surface area contributed by atoms with E-state index in [-0.39, 0.29) is 12.0 Å². The molecule has 1 aromatic rings. The average Bonchev–Trinajstić information content (AvgIpc) is 3.12. The van der Waals surface area contributed by atoms with Gasteiger partial charge in [0.15, 0.2) is 0 Å². The van der Waals surface area contributed by atoms with E-state index in [2.05, 4.69) is 0 Å². The lowest BCUT2D eigenvalue weighted by Crippen LogP contribution is -2.42. The molecule has 3 rings (SSSR count). The molecule has 5 heteroatoms. The first-order valence-electron chi connectivity index (χ1n) is 6.50. The number of β-amino-alcohol motifs (C(OH)–C–C–N with tert-alkyl or cyclic N) is 1. The van der Waals surface area contributed by atoms with Gasteiger partial charge >= 0.3 is 0 Å². The van der Waals surface area contributed by atoms with Crippen molar-refractivity contribution in [3.8, 4) is 0 Å². The van der Waals surface area contributed by atoms with Gasteiger partial charge in [-0.05, 0) is 31.7 Å². The van der Waals surface area contributed by atoms with Crippen molar-refractivity contribution < 1.29 is 9.90 Å². The van der Waals surface area contributed by atoms with Crippen LogP contribution in [0.4, 0.5) is 0 Å². The van der Waals surface area contributed by atoms with E-state index in [1.807, 2.05) is 10.8 Å². The van der Waals surface area contributed by atoms with Crippen molar-refractivity contribution in [2.24, 2.45) is 0 Å². The number of aromatic nitrogens is 1. The Morgan fingerprint density at radius 1 is 1.39 bits per heavy atom. The molecule has 0 bridgehead atoms. The van der Waals surface area contributed by atoms with Crippen LogP contribution in [0.15, 0.2) is 12.3 Å². The van der Waals surface area contributed by atoms with Gasteiger partial charge in [0.25, 0.3) is 5.91 Å². The van der Waals surface area contributed by atoms with E-state index >= 15 is 0 Å². The van der Waals surface area contributed by atoms with E-state index in [0.29, 0.717) is 23.3 Å². The van der Waals surface area contributed by atoms with Gasteiger partial charge in [-0.1, -0.05) is 11.6 Å². The highest BCUT2D eigenvalue weighted by molar-refractivity contribution is 6.31. The molecule has 4 nitrogen and oxygen atoms in total. The summed E-state index contributed by atoms with van der Waals surface area (Å²) in [5.74, 6) is -0.00690. The molecule has 1 atom stereocenters. The fraction of sp³-hybridized carbons (Fsp3) is 0.615. The second-order valence-electron chi connectivity index (χ2n) is 5.23. The monoisotopic (exact) mass is 268 g/mol. The molecule has 18 heavy (non-hydrogen) atoms. The van der Waals surface area contributed by atoms with E-state index in [1.165, 1.54) is 0 Å². The predicted molar refractivity (Wildman–Crippen MR) is 68.9 cm³/mol. The number of likely N-dealkylation sites (tertiary alicyclic amines) is 1. The van der Waals surface area contributed by atoms with Crippen LogP contribution in [0.3, 0.4) is 0 Å². The van der Waals surface area contributed by atoms with Gasteiger partial charge in [0, 0.05) is 25.3 Å². The summed E-state index contributed by atoms with van der Waals surface area (Å²) in [6.07, 6.45) is 5.34. The van der Waals surface area contributed by atoms with Gasteiger partial charge in [0.1, 0.15) is 5.69 Å². The Morgan fingerprint density at radius 2 is 2.17 bits per heavy atom. The maximum absolute atomic E-state index is 12.4. The summed E-state index contributed by atoms with van der Waals surface area (Å²) in [5, 5.41) is 10.3. The third-order valence-electron chi connectivity index (χ3n) is 3.66. The lowest BCUT2D eigenvalue weighted by Gasteiger charge is -2.30. The molecule has 1 aromatic heterocycles. The SMILES string of the molecule is O=C(c1cc(Cl)cn1C1CC1)N1CCCC(O)C1. The van der Waals surface area contributed by atoms with Gasteiger partial charge in [-0.3, -0.25) is 4.79 Å². The molecule has 0 radical (unpaired) electrons. The zero-order valence-corrected chi connectivity index (χ0v) is 10.9. The third-order valence-corrected chi connectivity index (χ3v) is 3.87. The van der Waals surface area contributed by atoms with Crippen molar-refractivity contribution in [2.45, 2.75) is 37.8 Å². The standard InChI is InChI=1S/C13H17ClN2O2/c14-9-6-12(16(7-9)10-3-4-10)13(18)15-5-1-2-11(17)8-15/h6-7,10-11,17H,1-5,8H2. The Bertz CT molecular complexity index is 468. The minimum Gasteiger partial charge on any atom is -0.391 e. The van der Waals surface area contributed by atoms with Crippen molar-refractivity contribution in [1.82, 2.24) is 9.47 Å². The van der Waals surface area contributed by atoms with Gasteiger partial charge in [0.05, 0.1) is 11.1 Å². The molecule has 98 valence electrons. The van der Waals surface area contributed by atoms with E-state index in [1.54, 1.807) is 11.0 Å². The van der Waals surface area contributed by atoms with E-state index in [4.69, 9.17) is 11.6 Å². The number of halogens is 1. The van der Waals surface area contributed by atoms with Gasteiger partial charge in [-0.25, -0.2) is 0 Å². The number of amides is 1. The predicted octanol–water partition coefficient (Wildman–Crippen LogP) is 2.07. The van der Waals surface area contributed by atoms with Crippen LogP contribution in [-0.4, -0.2) is 39.7 Å². The zero-order chi connectivity index (χ0) is 12.7. The number of hydrogen-bond donors (Lipinski definition) is 1. The summed E-state index contributed by atoms with van der Waals surface area (Å²) in [6, 6.07) is 2.18. The molecule has 1 saturated heterocycles. The van der Waals surface area contributed by atoms with E-state index < -0.39 is 0 Å². The fourth-order valence-electron chi connectivity index (χ4n) is 2.57. The Labute approximate surface area is 111 Å². The number of rotatable bonds is 2. The first-order valence-corrected chi connectivity index (χ1v) is 6.87. The minimum absolute atomic E-state index is 0.00690. The average molecular weight is 269 g/mol. The highest BCUT2D eigenvalue weighted by atomic mass is 35.5. The van der Waals surface area contributed by atoms with Crippen LogP contribution >= 0.6 is 11.6 Å². The van der Waals surface area contributed by atoms with Gasteiger partial charge < -0.3 is 14.6 Å². The quantitative estimate of drug-likeness (QED) is 0.893. The molecule has 2 aliphatic rings. The summed E-state index contributed by atoms with van der Waals surface area (Å²) in [7, 11) is 0. The largest absolute Gasteiger partial charge is 0.391 e. The number of piperidine rings is 1. The first-order chi connectivity index (χ1) is 8.65. The number of carbonyl (C=O) groups is 1. The van der Waals surface area contributed by atoms with Crippen LogP contribution in [0, 0.1) is 0 Å². The molecule has 1 saturated carbocycles. The van der Waals surface area contributed by atoms with E-state index in [9.17, 15) is 9.90 Å². The topological polar surface area (TPSA) is 45.5 Å². The lowest BCUT2D eigenvalue weighted by atomic mass is 10.1. The molecule has 1 aliphatic heterocycles. The van der Waals surface area contributed by atoms with Crippen LogP contribution in [-0.2, 0) is 0 Å². The molecule has 1 aliphatic carbocycles. The lowest BCUT2D eigenvalue weighted by molar-refractivity contribution is 0.0465. The summed E-state index contributed by atoms with van der Waals surface area (Å²) >= 11 is 6.01. The summed E-state index contributed by atoms with van der Waals surface area (Å²) in [5.41, 5.74) is 0.664. The van der Waals surface area contributed by atoms with Gasteiger partial charge in [-0.15, -0.1) is 0 Å². The second-order valence-corrected chi connectivity index (χ2v) is 5.67. The minimum atomic E-state index is -0.387. The van der Waals surface area contributed by atoms with E-state index in [0.717, 1.165) is 32.2 Å². The van der Waals surface area contributed by atoms with Crippen LogP contribution in [0.1, 0.15) is 42.2 Å². The molecule has 1 N–H and O–H groups in total. The second kappa shape index (κ2) is 4.59. The normalized spacial score (nSPS) is 24.3. The summed E-state index contributed by atoms with van der Waals surface area (Å²) in [6.45, 7) is 1.16.